The van der Waals surface area contributed by atoms with Crippen molar-refractivity contribution in [1.82, 2.24) is 4.57 Å². The number of carbonyl (C=O) groups excluding carboxylic acids is 1. The van der Waals surface area contributed by atoms with Crippen LogP contribution < -0.4 is 0 Å². The van der Waals surface area contributed by atoms with Crippen molar-refractivity contribution in [2.24, 2.45) is 0 Å². The van der Waals surface area contributed by atoms with E-state index in [2.05, 4.69) is 0 Å². The normalized spacial score (nSPS) is 21.3. The number of nitro groups is 1. The highest BCUT2D eigenvalue weighted by molar-refractivity contribution is 7.99. The van der Waals surface area contributed by atoms with Crippen molar-refractivity contribution in [3.63, 3.8) is 0 Å². The topological polar surface area (TPSA) is 94.6 Å². The molecule has 0 aliphatic carbocycles. The molecule has 0 fully saturated rings. The van der Waals surface area contributed by atoms with Gasteiger partial charge in [0.05, 0.1) is 10.5 Å². The lowest BCUT2D eigenvalue weighted by Crippen LogP contribution is -2.36. The first-order valence-corrected chi connectivity index (χ1v) is 10.5. The second-order valence-electron chi connectivity index (χ2n) is 8.22. The highest BCUT2D eigenvalue weighted by Crippen LogP contribution is 2.53. The Kier molecular flexibility index (Phi) is 5.07. The smallest absolute Gasteiger partial charge is 0.419 e. The van der Waals surface area contributed by atoms with Gasteiger partial charge in [-0.1, -0.05) is 60.3 Å². The van der Waals surface area contributed by atoms with Crippen molar-refractivity contribution in [2.45, 2.75) is 48.8 Å². The van der Waals surface area contributed by atoms with E-state index in [1.54, 1.807) is 69.3 Å². The second-order valence-corrected chi connectivity index (χ2v) is 9.35. The van der Waals surface area contributed by atoms with Crippen LogP contribution in [-0.2, 0) is 4.74 Å². The number of nitrogens with zero attached hydrogens (tertiary/aromatic N) is 2. The van der Waals surface area contributed by atoms with Gasteiger partial charge in [-0.3, -0.25) is 10.1 Å². The molecule has 156 valence electrons. The SMILES string of the molecule is CC(C)(C)OC(=O)n1c2c(c3ccccc31)[C@@H](O)[C@H]([N+](=O)[O-])[C@@H](c1ccccc1)S2. The lowest BCUT2D eigenvalue weighted by Gasteiger charge is -2.30. The van der Waals surface area contributed by atoms with Crippen LogP contribution in [0.15, 0.2) is 59.6 Å². The van der Waals surface area contributed by atoms with Crippen molar-refractivity contribution >= 4 is 28.8 Å². The van der Waals surface area contributed by atoms with Crippen LogP contribution in [0.4, 0.5) is 4.79 Å². The molecule has 8 heteroatoms. The number of hydrogen-bond donors (Lipinski definition) is 1. The number of thioether (sulfide) groups is 1. The fraction of sp³-hybridized carbons (Fsp3) is 0.318. The van der Waals surface area contributed by atoms with Gasteiger partial charge in [0, 0.05) is 15.9 Å². The predicted octanol–water partition coefficient (Wildman–Crippen LogP) is 4.95. The summed E-state index contributed by atoms with van der Waals surface area (Å²) in [6.45, 7) is 5.34. The van der Waals surface area contributed by atoms with Crippen LogP contribution in [0.25, 0.3) is 10.9 Å². The lowest BCUT2D eigenvalue weighted by molar-refractivity contribution is -0.536. The monoisotopic (exact) mass is 426 g/mol. The quantitative estimate of drug-likeness (QED) is 0.460. The zero-order chi connectivity index (χ0) is 21.6. The molecule has 1 N–H and O–H groups in total. The summed E-state index contributed by atoms with van der Waals surface area (Å²) in [5.41, 5.74) is 0.958. The van der Waals surface area contributed by atoms with Crippen LogP contribution in [0.5, 0.6) is 0 Å². The number of aliphatic hydroxyl groups is 1. The third-order valence-corrected chi connectivity index (χ3v) is 6.41. The summed E-state index contributed by atoms with van der Waals surface area (Å²) in [5.74, 6) is 0. The molecule has 0 saturated carbocycles. The number of fused-ring (bicyclic) bond motifs is 3. The van der Waals surface area contributed by atoms with Crippen LogP contribution >= 0.6 is 11.8 Å². The van der Waals surface area contributed by atoms with Gasteiger partial charge >= 0.3 is 6.09 Å². The Morgan fingerprint density at radius 1 is 1.13 bits per heavy atom. The molecule has 0 spiro atoms. The van der Waals surface area contributed by atoms with E-state index < -0.39 is 34.0 Å². The fourth-order valence-electron chi connectivity index (χ4n) is 3.79. The van der Waals surface area contributed by atoms with Gasteiger partial charge in [0.1, 0.15) is 10.9 Å². The summed E-state index contributed by atoms with van der Waals surface area (Å²) in [6, 6.07) is 14.9. The molecule has 0 unspecified atom stereocenters. The third-order valence-electron chi connectivity index (χ3n) is 4.98. The molecule has 2 aromatic carbocycles. The molecule has 1 aliphatic heterocycles. The molecule has 2 heterocycles. The summed E-state index contributed by atoms with van der Waals surface area (Å²) in [5, 5.41) is 23.5. The van der Waals surface area contributed by atoms with Gasteiger partial charge < -0.3 is 9.84 Å². The van der Waals surface area contributed by atoms with Crippen molar-refractivity contribution < 1.29 is 19.6 Å². The Bertz CT molecular complexity index is 1120. The number of aliphatic hydroxyl groups excluding tert-OH is 1. The number of carbonyl (C=O) groups is 1. The van der Waals surface area contributed by atoms with E-state index in [0.29, 0.717) is 21.5 Å². The summed E-state index contributed by atoms with van der Waals surface area (Å²) >= 11 is 1.22. The van der Waals surface area contributed by atoms with Gasteiger partial charge in [-0.15, -0.1) is 0 Å². The van der Waals surface area contributed by atoms with Crippen LogP contribution in [0.1, 0.15) is 43.3 Å². The van der Waals surface area contributed by atoms with Crippen molar-refractivity contribution in [3.05, 3.63) is 75.8 Å². The van der Waals surface area contributed by atoms with E-state index in [1.165, 1.54) is 16.3 Å². The number of benzene rings is 2. The second kappa shape index (κ2) is 7.45. The maximum atomic E-state index is 13.1. The van der Waals surface area contributed by atoms with E-state index in [4.69, 9.17) is 4.74 Å². The first-order chi connectivity index (χ1) is 14.2. The molecule has 0 saturated heterocycles. The molecule has 0 radical (unpaired) electrons. The Morgan fingerprint density at radius 2 is 1.77 bits per heavy atom. The highest BCUT2D eigenvalue weighted by Gasteiger charge is 2.48. The zero-order valence-corrected chi connectivity index (χ0v) is 17.6. The molecule has 1 aliphatic rings. The van der Waals surface area contributed by atoms with Crippen LogP contribution in [-0.4, -0.2) is 32.3 Å². The Morgan fingerprint density at radius 3 is 2.40 bits per heavy atom. The minimum absolute atomic E-state index is 0.398. The van der Waals surface area contributed by atoms with Gasteiger partial charge in [-0.25, -0.2) is 9.36 Å². The number of ether oxygens (including phenoxy) is 1. The maximum Gasteiger partial charge on any atom is 0.419 e. The van der Waals surface area contributed by atoms with E-state index in [0.717, 1.165) is 5.56 Å². The largest absolute Gasteiger partial charge is 0.443 e. The maximum absolute atomic E-state index is 13.1. The number of rotatable bonds is 2. The molecule has 3 atom stereocenters. The molecule has 7 nitrogen and oxygen atoms in total. The van der Waals surface area contributed by atoms with Gasteiger partial charge in [0.2, 0.25) is 0 Å². The number of para-hydroxylation sites is 1. The molecule has 0 amide bonds. The van der Waals surface area contributed by atoms with Crippen molar-refractivity contribution in [3.8, 4) is 0 Å². The average molecular weight is 426 g/mol. The van der Waals surface area contributed by atoms with Gasteiger partial charge in [0.15, 0.2) is 6.10 Å². The first-order valence-electron chi connectivity index (χ1n) is 9.59. The van der Waals surface area contributed by atoms with E-state index in [-0.39, 0.29) is 0 Å². The molecule has 3 aromatic rings. The molecule has 1 aromatic heterocycles. The van der Waals surface area contributed by atoms with Gasteiger partial charge in [0.25, 0.3) is 6.04 Å². The van der Waals surface area contributed by atoms with Crippen LogP contribution in [0, 0.1) is 10.1 Å². The molecular formula is C22H22N2O5S. The Labute approximate surface area is 177 Å². The van der Waals surface area contributed by atoms with E-state index in [9.17, 15) is 20.0 Å². The minimum Gasteiger partial charge on any atom is -0.443 e. The standard InChI is InChI=1S/C22H22N2O5S/c1-22(2,3)29-21(26)23-15-12-8-7-11-14(15)16-18(25)17(24(27)28)19(30-20(16)23)13-9-5-4-6-10-13/h4-12,17-19,25H,1-3H3/t17-,18+,19+/m0/s1. The number of hydrogen-bond acceptors (Lipinski definition) is 6. The zero-order valence-electron chi connectivity index (χ0n) is 16.8. The first kappa shape index (κ1) is 20.4. The number of aromatic nitrogens is 1. The van der Waals surface area contributed by atoms with Crippen LogP contribution in [0.2, 0.25) is 0 Å². The van der Waals surface area contributed by atoms with Crippen molar-refractivity contribution in [1.29, 1.82) is 0 Å². The lowest BCUT2D eigenvalue weighted by atomic mass is 9.95. The molecule has 0 bridgehead atoms. The van der Waals surface area contributed by atoms with E-state index in [1.807, 2.05) is 6.07 Å². The van der Waals surface area contributed by atoms with Crippen LogP contribution in [0.3, 0.4) is 0 Å². The van der Waals surface area contributed by atoms with Gasteiger partial charge in [-0.05, 0) is 32.4 Å². The fourth-order valence-corrected chi connectivity index (χ4v) is 5.35. The summed E-state index contributed by atoms with van der Waals surface area (Å²) in [4.78, 5) is 24.6. The average Bonchev–Trinajstić information content (AvgIpc) is 3.01. The minimum atomic E-state index is -1.37. The summed E-state index contributed by atoms with van der Waals surface area (Å²) in [6.07, 6.45) is -1.94. The molecule has 30 heavy (non-hydrogen) atoms. The predicted molar refractivity (Wildman–Crippen MR) is 114 cm³/mol. The third kappa shape index (κ3) is 3.46. The Balaban J connectivity index is 1.94. The molecule has 4 rings (SSSR count). The summed E-state index contributed by atoms with van der Waals surface area (Å²) in [7, 11) is 0. The Hall–Kier alpha value is -2.84. The van der Waals surface area contributed by atoms with E-state index >= 15 is 0 Å². The molecular weight excluding hydrogens is 404 g/mol. The highest BCUT2D eigenvalue weighted by atomic mass is 32.2. The van der Waals surface area contributed by atoms with Gasteiger partial charge in [-0.2, -0.15) is 0 Å². The summed E-state index contributed by atoms with van der Waals surface area (Å²) < 4.78 is 7.03. The van der Waals surface area contributed by atoms with Crippen molar-refractivity contribution in [2.75, 3.05) is 0 Å².